The van der Waals surface area contributed by atoms with Gasteiger partial charge < -0.3 is 20.9 Å². The Morgan fingerprint density at radius 1 is 1.18 bits per heavy atom. The normalized spacial score (nSPS) is 14.5. The summed E-state index contributed by atoms with van der Waals surface area (Å²) in [5, 5.41) is 12.3. The Labute approximate surface area is 167 Å². The van der Waals surface area contributed by atoms with Crippen LogP contribution in [0.4, 0.5) is 21.5 Å². The highest BCUT2D eigenvalue weighted by Gasteiger charge is 2.18. The zero-order chi connectivity index (χ0) is 20.1. The molecule has 0 saturated carbocycles. The number of anilines is 3. The van der Waals surface area contributed by atoms with E-state index in [2.05, 4.69) is 10.2 Å². The molecule has 0 atom stereocenters. The van der Waals surface area contributed by atoms with Crippen LogP contribution in [0.2, 0.25) is 5.02 Å². The molecule has 144 valence electrons. The van der Waals surface area contributed by atoms with E-state index >= 15 is 0 Å². The first-order valence-electron chi connectivity index (χ1n) is 8.69. The molecule has 1 fully saturated rings. The third-order valence-electron chi connectivity index (χ3n) is 4.42. The highest BCUT2D eigenvalue weighted by atomic mass is 35.5. The van der Waals surface area contributed by atoms with Crippen molar-refractivity contribution in [2.45, 2.75) is 0 Å². The molecule has 0 bridgehead atoms. The SMILES string of the molecule is N#C/C(=C/N1CCN(c2ccc(F)cc2)CC1)C(=O)Nc1ccc(N)cc1Cl. The molecule has 2 aromatic carbocycles. The zero-order valence-corrected chi connectivity index (χ0v) is 15.8. The molecule has 1 aliphatic rings. The van der Waals surface area contributed by atoms with Crippen molar-refractivity contribution in [2.75, 3.05) is 42.1 Å². The molecule has 0 unspecified atom stereocenters. The van der Waals surface area contributed by atoms with E-state index in [1.807, 2.05) is 11.0 Å². The predicted molar refractivity (Wildman–Crippen MR) is 108 cm³/mol. The van der Waals surface area contributed by atoms with Gasteiger partial charge in [-0.2, -0.15) is 5.26 Å². The number of carbonyl (C=O) groups is 1. The first-order chi connectivity index (χ1) is 13.5. The number of nitrogen functional groups attached to an aromatic ring is 1. The van der Waals surface area contributed by atoms with Gasteiger partial charge in [-0.05, 0) is 42.5 Å². The fourth-order valence-electron chi connectivity index (χ4n) is 2.90. The Morgan fingerprint density at radius 2 is 1.86 bits per heavy atom. The molecule has 1 aliphatic heterocycles. The predicted octanol–water partition coefficient (Wildman–Crippen LogP) is 3.23. The summed E-state index contributed by atoms with van der Waals surface area (Å²) in [6, 6.07) is 13.0. The van der Waals surface area contributed by atoms with Crippen LogP contribution in [0.15, 0.2) is 54.2 Å². The standard InChI is InChI=1S/C20H19ClFN5O/c21-18-11-16(24)3-6-19(18)25-20(28)14(12-23)13-26-7-9-27(10-8-26)17-4-1-15(22)2-5-17/h1-6,11,13H,7-10,24H2,(H,25,28)/b14-13-. The van der Waals surface area contributed by atoms with Crippen LogP contribution >= 0.6 is 11.6 Å². The Morgan fingerprint density at radius 3 is 2.46 bits per heavy atom. The van der Waals surface area contributed by atoms with Crippen LogP contribution in [0.3, 0.4) is 0 Å². The third kappa shape index (κ3) is 4.72. The minimum atomic E-state index is -0.532. The number of piperazine rings is 1. The number of benzene rings is 2. The highest BCUT2D eigenvalue weighted by molar-refractivity contribution is 6.34. The summed E-state index contributed by atoms with van der Waals surface area (Å²) in [6.07, 6.45) is 1.56. The number of rotatable bonds is 4. The Kier molecular flexibility index (Phi) is 6.02. The second-order valence-corrected chi connectivity index (χ2v) is 6.75. The number of nitrogens with zero attached hydrogens (tertiary/aromatic N) is 3. The van der Waals surface area contributed by atoms with Crippen LogP contribution in [0.25, 0.3) is 0 Å². The van der Waals surface area contributed by atoms with Crippen LogP contribution in [0, 0.1) is 17.1 Å². The molecule has 1 amide bonds. The molecule has 1 heterocycles. The number of amides is 1. The van der Waals surface area contributed by atoms with Gasteiger partial charge in [-0.25, -0.2) is 4.39 Å². The molecule has 0 spiro atoms. The van der Waals surface area contributed by atoms with Gasteiger partial charge in [-0.15, -0.1) is 0 Å². The summed E-state index contributed by atoms with van der Waals surface area (Å²) in [5.41, 5.74) is 7.45. The Bertz CT molecular complexity index is 931. The van der Waals surface area contributed by atoms with Gasteiger partial charge in [0.2, 0.25) is 0 Å². The number of hydrogen-bond acceptors (Lipinski definition) is 5. The van der Waals surface area contributed by atoms with E-state index in [9.17, 15) is 14.4 Å². The summed E-state index contributed by atoms with van der Waals surface area (Å²) >= 11 is 6.06. The quantitative estimate of drug-likeness (QED) is 0.468. The number of halogens is 2. The third-order valence-corrected chi connectivity index (χ3v) is 4.74. The van der Waals surface area contributed by atoms with Crippen molar-refractivity contribution in [3.05, 3.63) is 65.1 Å². The van der Waals surface area contributed by atoms with E-state index in [0.717, 1.165) is 5.69 Å². The molecule has 1 saturated heterocycles. The van der Waals surface area contributed by atoms with E-state index in [0.29, 0.717) is 42.6 Å². The lowest BCUT2D eigenvalue weighted by molar-refractivity contribution is -0.112. The second-order valence-electron chi connectivity index (χ2n) is 6.35. The van der Waals surface area contributed by atoms with Crippen LogP contribution < -0.4 is 16.0 Å². The van der Waals surface area contributed by atoms with Crippen molar-refractivity contribution >= 4 is 34.6 Å². The number of hydrogen-bond donors (Lipinski definition) is 2. The van der Waals surface area contributed by atoms with Gasteiger partial charge in [0.25, 0.3) is 5.91 Å². The lowest BCUT2D eigenvalue weighted by Crippen LogP contribution is -2.44. The molecule has 3 rings (SSSR count). The molecule has 2 aromatic rings. The molecule has 6 nitrogen and oxygen atoms in total. The monoisotopic (exact) mass is 399 g/mol. The van der Waals surface area contributed by atoms with E-state index in [-0.39, 0.29) is 11.4 Å². The van der Waals surface area contributed by atoms with Crippen molar-refractivity contribution in [3.8, 4) is 6.07 Å². The molecule has 0 aromatic heterocycles. The lowest BCUT2D eigenvalue weighted by Gasteiger charge is -2.35. The summed E-state index contributed by atoms with van der Waals surface area (Å²) in [6.45, 7) is 2.68. The van der Waals surface area contributed by atoms with Gasteiger partial charge >= 0.3 is 0 Å². The van der Waals surface area contributed by atoms with Crippen LogP contribution in [-0.4, -0.2) is 37.0 Å². The molecule has 0 aliphatic carbocycles. The topological polar surface area (TPSA) is 85.4 Å². The number of nitriles is 1. The average Bonchev–Trinajstić information content (AvgIpc) is 2.69. The maximum atomic E-state index is 13.1. The van der Waals surface area contributed by atoms with Crippen molar-refractivity contribution in [2.24, 2.45) is 0 Å². The average molecular weight is 400 g/mol. The molecule has 8 heteroatoms. The maximum absolute atomic E-state index is 13.1. The lowest BCUT2D eigenvalue weighted by atomic mass is 10.2. The molecular weight excluding hydrogens is 381 g/mol. The van der Waals surface area contributed by atoms with Crippen molar-refractivity contribution in [1.82, 2.24) is 4.90 Å². The first kappa shape index (κ1) is 19.5. The van der Waals surface area contributed by atoms with Gasteiger partial charge in [0, 0.05) is 43.8 Å². The summed E-state index contributed by atoms with van der Waals surface area (Å²) in [5.74, 6) is -0.800. The van der Waals surface area contributed by atoms with Crippen LogP contribution in [-0.2, 0) is 4.79 Å². The van der Waals surface area contributed by atoms with E-state index in [4.69, 9.17) is 17.3 Å². The Balaban J connectivity index is 1.62. The minimum Gasteiger partial charge on any atom is -0.399 e. The first-order valence-corrected chi connectivity index (χ1v) is 9.07. The van der Waals surface area contributed by atoms with Gasteiger partial charge in [0.05, 0.1) is 10.7 Å². The summed E-state index contributed by atoms with van der Waals surface area (Å²) in [7, 11) is 0. The fourth-order valence-corrected chi connectivity index (χ4v) is 3.14. The van der Waals surface area contributed by atoms with E-state index < -0.39 is 5.91 Å². The van der Waals surface area contributed by atoms with Crippen LogP contribution in [0.5, 0.6) is 0 Å². The molecule has 0 radical (unpaired) electrons. The number of carbonyl (C=O) groups excluding carboxylic acids is 1. The number of nitrogens with one attached hydrogen (secondary N) is 1. The molecule has 28 heavy (non-hydrogen) atoms. The minimum absolute atomic E-state index is 0.0110. The van der Waals surface area contributed by atoms with Crippen molar-refractivity contribution in [3.63, 3.8) is 0 Å². The van der Waals surface area contributed by atoms with Gasteiger partial charge in [0.1, 0.15) is 17.5 Å². The van der Waals surface area contributed by atoms with Crippen molar-refractivity contribution in [1.29, 1.82) is 5.26 Å². The second kappa shape index (κ2) is 8.63. The van der Waals surface area contributed by atoms with Gasteiger partial charge in [-0.1, -0.05) is 11.6 Å². The highest BCUT2D eigenvalue weighted by Crippen LogP contribution is 2.24. The maximum Gasteiger partial charge on any atom is 0.267 e. The van der Waals surface area contributed by atoms with Gasteiger partial charge in [0.15, 0.2) is 0 Å². The van der Waals surface area contributed by atoms with Gasteiger partial charge in [-0.3, -0.25) is 4.79 Å². The summed E-state index contributed by atoms with van der Waals surface area (Å²) in [4.78, 5) is 16.5. The molecule has 3 N–H and O–H groups in total. The zero-order valence-electron chi connectivity index (χ0n) is 15.0. The van der Waals surface area contributed by atoms with Crippen molar-refractivity contribution < 1.29 is 9.18 Å². The molecular formula is C20H19ClFN5O. The van der Waals surface area contributed by atoms with Crippen LogP contribution in [0.1, 0.15) is 0 Å². The van der Waals surface area contributed by atoms with E-state index in [1.54, 1.807) is 30.5 Å². The fraction of sp³-hybridized carbons (Fsp3) is 0.200. The summed E-state index contributed by atoms with van der Waals surface area (Å²) < 4.78 is 13.1. The largest absolute Gasteiger partial charge is 0.399 e. The Hall–Kier alpha value is -3.24. The number of nitrogens with two attached hydrogens (primary N) is 1. The smallest absolute Gasteiger partial charge is 0.267 e. The van der Waals surface area contributed by atoms with E-state index in [1.165, 1.54) is 18.2 Å².